The van der Waals surface area contributed by atoms with Gasteiger partial charge in [-0.1, -0.05) is 0 Å². The lowest BCUT2D eigenvalue weighted by molar-refractivity contribution is 0.413. The van der Waals surface area contributed by atoms with Crippen molar-refractivity contribution < 1.29 is 13.5 Å². The van der Waals surface area contributed by atoms with E-state index in [1.54, 1.807) is 19.2 Å². The Labute approximate surface area is 86.5 Å². The molecule has 1 heterocycles. The SMILES string of the molecule is COc1ccc(F)cc1-c1cnc(C)o1. The Morgan fingerprint density at radius 1 is 1.40 bits per heavy atom. The molecule has 3 nitrogen and oxygen atoms in total. The summed E-state index contributed by atoms with van der Waals surface area (Å²) < 4.78 is 23.5. The monoisotopic (exact) mass is 207 g/mol. The van der Waals surface area contributed by atoms with Crippen LogP contribution in [0.15, 0.2) is 28.8 Å². The normalized spacial score (nSPS) is 10.3. The van der Waals surface area contributed by atoms with E-state index in [0.29, 0.717) is 23.0 Å². The van der Waals surface area contributed by atoms with Crippen molar-refractivity contribution in [3.63, 3.8) is 0 Å². The molecule has 0 atom stereocenters. The molecule has 0 saturated carbocycles. The maximum atomic E-state index is 13.1. The quantitative estimate of drug-likeness (QED) is 0.759. The molecule has 0 fully saturated rings. The van der Waals surface area contributed by atoms with E-state index in [4.69, 9.17) is 9.15 Å². The zero-order valence-electron chi connectivity index (χ0n) is 8.45. The van der Waals surface area contributed by atoms with E-state index >= 15 is 0 Å². The topological polar surface area (TPSA) is 35.3 Å². The van der Waals surface area contributed by atoms with Crippen LogP contribution < -0.4 is 4.74 Å². The van der Waals surface area contributed by atoms with Crippen molar-refractivity contribution in [1.82, 2.24) is 4.98 Å². The van der Waals surface area contributed by atoms with Gasteiger partial charge in [-0.3, -0.25) is 0 Å². The predicted molar refractivity (Wildman–Crippen MR) is 53.2 cm³/mol. The smallest absolute Gasteiger partial charge is 0.191 e. The van der Waals surface area contributed by atoms with Crippen LogP contribution in [0, 0.1) is 12.7 Å². The number of aryl methyl sites for hydroxylation is 1. The number of ether oxygens (including phenoxy) is 1. The molecule has 0 bridgehead atoms. The fourth-order valence-corrected chi connectivity index (χ4v) is 1.36. The van der Waals surface area contributed by atoms with E-state index in [9.17, 15) is 4.39 Å². The minimum Gasteiger partial charge on any atom is -0.496 e. The average molecular weight is 207 g/mol. The van der Waals surface area contributed by atoms with Gasteiger partial charge in [0.15, 0.2) is 11.7 Å². The molecular formula is C11H10FNO2. The first kappa shape index (κ1) is 9.71. The molecule has 78 valence electrons. The Bertz CT molecular complexity index is 479. The van der Waals surface area contributed by atoms with Gasteiger partial charge in [0, 0.05) is 6.92 Å². The molecule has 2 rings (SSSR count). The fraction of sp³-hybridized carbons (Fsp3) is 0.182. The van der Waals surface area contributed by atoms with Gasteiger partial charge >= 0.3 is 0 Å². The maximum absolute atomic E-state index is 13.1. The first-order chi connectivity index (χ1) is 7.20. The van der Waals surface area contributed by atoms with Crippen LogP contribution in [0.4, 0.5) is 4.39 Å². The number of oxazole rings is 1. The van der Waals surface area contributed by atoms with E-state index in [1.807, 2.05) is 0 Å². The molecule has 0 saturated heterocycles. The zero-order valence-corrected chi connectivity index (χ0v) is 8.45. The van der Waals surface area contributed by atoms with E-state index < -0.39 is 0 Å². The highest BCUT2D eigenvalue weighted by Crippen LogP contribution is 2.30. The van der Waals surface area contributed by atoms with Crippen LogP contribution in [-0.2, 0) is 0 Å². The first-order valence-corrected chi connectivity index (χ1v) is 4.47. The lowest BCUT2D eigenvalue weighted by Gasteiger charge is -2.05. The first-order valence-electron chi connectivity index (χ1n) is 4.47. The highest BCUT2D eigenvalue weighted by Gasteiger charge is 2.11. The minimum atomic E-state index is -0.333. The summed E-state index contributed by atoms with van der Waals surface area (Å²) in [7, 11) is 1.53. The lowest BCUT2D eigenvalue weighted by Crippen LogP contribution is -1.87. The molecular weight excluding hydrogens is 197 g/mol. The van der Waals surface area contributed by atoms with Gasteiger partial charge in [0.05, 0.1) is 18.9 Å². The average Bonchev–Trinajstić information content (AvgIpc) is 2.65. The van der Waals surface area contributed by atoms with Crippen molar-refractivity contribution in [1.29, 1.82) is 0 Å². The molecule has 15 heavy (non-hydrogen) atoms. The summed E-state index contributed by atoms with van der Waals surface area (Å²) in [6, 6.07) is 4.26. The molecule has 0 amide bonds. The van der Waals surface area contributed by atoms with Crippen molar-refractivity contribution in [3.05, 3.63) is 36.1 Å². The molecule has 1 aromatic heterocycles. The van der Waals surface area contributed by atoms with Crippen molar-refractivity contribution >= 4 is 0 Å². The Kier molecular flexibility index (Phi) is 2.41. The maximum Gasteiger partial charge on any atom is 0.191 e. The summed E-state index contributed by atoms with van der Waals surface area (Å²) in [5, 5.41) is 0. The van der Waals surface area contributed by atoms with E-state index in [0.717, 1.165) is 0 Å². The third-order valence-corrected chi connectivity index (χ3v) is 2.05. The second kappa shape index (κ2) is 3.73. The number of hydrogen-bond donors (Lipinski definition) is 0. The Morgan fingerprint density at radius 2 is 2.20 bits per heavy atom. The van der Waals surface area contributed by atoms with Gasteiger partial charge in [0.1, 0.15) is 11.6 Å². The molecule has 1 aromatic carbocycles. The number of rotatable bonds is 2. The minimum absolute atomic E-state index is 0.333. The number of aromatic nitrogens is 1. The molecule has 0 N–H and O–H groups in total. The summed E-state index contributed by atoms with van der Waals surface area (Å²) in [4.78, 5) is 3.95. The molecule has 0 aliphatic heterocycles. The molecule has 0 aliphatic rings. The van der Waals surface area contributed by atoms with Gasteiger partial charge in [0.2, 0.25) is 0 Å². The molecule has 0 unspecified atom stereocenters. The second-order valence-electron chi connectivity index (χ2n) is 3.09. The largest absolute Gasteiger partial charge is 0.496 e. The third-order valence-electron chi connectivity index (χ3n) is 2.05. The summed E-state index contributed by atoms with van der Waals surface area (Å²) in [5.41, 5.74) is 0.568. The molecule has 0 radical (unpaired) electrons. The molecule has 2 aromatic rings. The van der Waals surface area contributed by atoms with E-state index in [1.165, 1.54) is 19.2 Å². The van der Waals surface area contributed by atoms with Crippen LogP contribution in [0.3, 0.4) is 0 Å². The van der Waals surface area contributed by atoms with Gasteiger partial charge in [0.25, 0.3) is 0 Å². The highest BCUT2D eigenvalue weighted by molar-refractivity contribution is 5.65. The van der Waals surface area contributed by atoms with Gasteiger partial charge < -0.3 is 9.15 Å². The van der Waals surface area contributed by atoms with Crippen LogP contribution in [0.25, 0.3) is 11.3 Å². The number of halogens is 1. The summed E-state index contributed by atoms with van der Waals surface area (Å²) in [6.07, 6.45) is 1.55. The second-order valence-corrected chi connectivity index (χ2v) is 3.09. The third kappa shape index (κ3) is 1.83. The Balaban J connectivity index is 2.55. The highest BCUT2D eigenvalue weighted by atomic mass is 19.1. The number of nitrogens with zero attached hydrogens (tertiary/aromatic N) is 1. The van der Waals surface area contributed by atoms with Crippen LogP contribution in [0.5, 0.6) is 5.75 Å². The van der Waals surface area contributed by atoms with E-state index in [-0.39, 0.29) is 5.82 Å². The number of benzene rings is 1. The number of hydrogen-bond acceptors (Lipinski definition) is 3. The van der Waals surface area contributed by atoms with Crippen LogP contribution >= 0.6 is 0 Å². The Morgan fingerprint density at radius 3 is 2.80 bits per heavy atom. The van der Waals surface area contributed by atoms with Gasteiger partial charge in [-0.2, -0.15) is 0 Å². The lowest BCUT2D eigenvalue weighted by atomic mass is 10.1. The molecule has 0 aliphatic carbocycles. The zero-order chi connectivity index (χ0) is 10.8. The van der Waals surface area contributed by atoms with Crippen LogP contribution in [0.2, 0.25) is 0 Å². The fourth-order valence-electron chi connectivity index (χ4n) is 1.36. The number of methoxy groups -OCH3 is 1. The van der Waals surface area contributed by atoms with Crippen molar-refractivity contribution in [2.75, 3.05) is 7.11 Å². The van der Waals surface area contributed by atoms with Crippen LogP contribution in [-0.4, -0.2) is 12.1 Å². The van der Waals surface area contributed by atoms with Gasteiger partial charge in [-0.25, -0.2) is 9.37 Å². The van der Waals surface area contributed by atoms with E-state index in [2.05, 4.69) is 4.98 Å². The van der Waals surface area contributed by atoms with Crippen molar-refractivity contribution in [3.8, 4) is 17.1 Å². The van der Waals surface area contributed by atoms with Gasteiger partial charge in [-0.15, -0.1) is 0 Å². The standard InChI is InChI=1S/C11H10FNO2/c1-7-13-6-11(15-7)9-5-8(12)3-4-10(9)14-2/h3-6H,1-2H3. The Hall–Kier alpha value is -1.84. The summed E-state index contributed by atoms with van der Waals surface area (Å²) in [6.45, 7) is 1.73. The van der Waals surface area contributed by atoms with Crippen molar-refractivity contribution in [2.24, 2.45) is 0 Å². The summed E-state index contributed by atoms with van der Waals surface area (Å²) >= 11 is 0. The van der Waals surface area contributed by atoms with Crippen LogP contribution in [0.1, 0.15) is 5.89 Å². The molecule has 0 spiro atoms. The van der Waals surface area contributed by atoms with Crippen molar-refractivity contribution in [2.45, 2.75) is 6.92 Å². The molecule has 4 heteroatoms. The predicted octanol–water partition coefficient (Wildman–Crippen LogP) is 2.80. The van der Waals surface area contributed by atoms with Gasteiger partial charge in [-0.05, 0) is 18.2 Å². The summed E-state index contributed by atoms with van der Waals surface area (Å²) in [5.74, 6) is 1.27.